The van der Waals surface area contributed by atoms with Crippen LogP contribution in [-0.4, -0.2) is 46.8 Å². The highest BCUT2D eigenvalue weighted by molar-refractivity contribution is 7.90. The lowest BCUT2D eigenvalue weighted by molar-refractivity contribution is 0.302. The van der Waals surface area contributed by atoms with Crippen molar-refractivity contribution in [1.29, 1.82) is 0 Å². The summed E-state index contributed by atoms with van der Waals surface area (Å²) in [5.74, 6) is 1.17. The summed E-state index contributed by atoms with van der Waals surface area (Å²) in [6.45, 7) is 1.57. The van der Waals surface area contributed by atoms with E-state index in [-0.39, 0.29) is 6.04 Å². The standard InChI is InChI=1S/C14H22N2O3S/c1-16-9-10(8-15)6-13(16)12-7-11(20(3,17)18)4-5-14(12)19-2/h4-5,7,10,13H,6,8-9,15H2,1-3H3. The molecule has 0 amide bonds. The summed E-state index contributed by atoms with van der Waals surface area (Å²) in [4.78, 5) is 2.54. The van der Waals surface area contributed by atoms with Gasteiger partial charge in [0.25, 0.3) is 0 Å². The molecular formula is C14H22N2O3S. The summed E-state index contributed by atoms with van der Waals surface area (Å²) in [6.07, 6.45) is 2.15. The highest BCUT2D eigenvalue weighted by atomic mass is 32.2. The Hall–Kier alpha value is -1.11. The number of nitrogens with two attached hydrogens (primary N) is 1. The highest BCUT2D eigenvalue weighted by Crippen LogP contribution is 2.39. The third-order valence-corrected chi connectivity index (χ3v) is 5.07. The second kappa shape index (κ2) is 5.71. The molecule has 2 N–H and O–H groups in total. The van der Waals surface area contributed by atoms with Gasteiger partial charge in [0.1, 0.15) is 5.75 Å². The highest BCUT2D eigenvalue weighted by Gasteiger charge is 2.32. The van der Waals surface area contributed by atoms with E-state index in [1.54, 1.807) is 25.3 Å². The largest absolute Gasteiger partial charge is 0.496 e. The van der Waals surface area contributed by atoms with Crippen molar-refractivity contribution >= 4 is 9.84 Å². The zero-order valence-electron chi connectivity index (χ0n) is 12.2. The van der Waals surface area contributed by atoms with Gasteiger partial charge >= 0.3 is 0 Å². The molecule has 0 radical (unpaired) electrons. The van der Waals surface area contributed by atoms with Crippen LogP contribution in [0.2, 0.25) is 0 Å². The molecule has 1 aromatic rings. The molecule has 112 valence electrons. The summed E-state index contributed by atoms with van der Waals surface area (Å²) < 4.78 is 28.8. The number of benzene rings is 1. The summed E-state index contributed by atoms with van der Waals surface area (Å²) in [6, 6.07) is 5.21. The number of hydrogen-bond acceptors (Lipinski definition) is 5. The maximum absolute atomic E-state index is 11.7. The van der Waals surface area contributed by atoms with Crippen LogP contribution < -0.4 is 10.5 Å². The third-order valence-electron chi connectivity index (χ3n) is 3.96. The average Bonchev–Trinajstić information content (AvgIpc) is 2.78. The molecule has 6 heteroatoms. The maximum atomic E-state index is 11.7. The van der Waals surface area contributed by atoms with Gasteiger partial charge in [-0.15, -0.1) is 0 Å². The third kappa shape index (κ3) is 2.97. The molecule has 1 aromatic carbocycles. The first-order valence-electron chi connectivity index (χ1n) is 6.65. The number of nitrogens with zero attached hydrogens (tertiary/aromatic N) is 1. The van der Waals surface area contributed by atoms with E-state index in [1.807, 2.05) is 7.05 Å². The molecule has 2 rings (SSSR count). The lowest BCUT2D eigenvalue weighted by Crippen LogP contribution is -2.21. The Morgan fingerprint density at radius 3 is 2.65 bits per heavy atom. The van der Waals surface area contributed by atoms with Gasteiger partial charge in [0, 0.05) is 24.4 Å². The van der Waals surface area contributed by atoms with Gasteiger partial charge < -0.3 is 10.5 Å². The Labute approximate surface area is 120 Å². The number of hydrogen-bond donors (Lipinski definition) is 1. The van der Waals surface area contributed by atoms with Crippen LogP contribution in [0.3, 0.4) is 0 Å². The molecule has 5 nitrogen and oxygen atoms in total. The van der Waals surface area contributed by atoms with Crippen LogP contribution in [0, 0.1) is 5.92 Å². The maximum Gasteiger partial charge on any atom is 0.175 e. The molecule has 2 unspecified atom stereocenters. The van der Waals surface area contributed by atoms with Gasteiger partial charge in [-0.1, -0.05) is 0 Å². The Bertz CT molecular complexity index is 586. The zero-order chi connectivity index (χ0) is 14.9. The fraction of sp³-hybridized carbons (Fsp3) is 0.571. The number of methoxy groups -OCH3 is 1. The van der Waals surface area contributed by atoms with Crippen LogP contribution in [0.25, 0.3) is 0 Å². The number of ether oxygens (including phenoxy) is 1. The molecule has 0 saturated carbocycles. The van der Waals surface area contributed by atoms with Gasteiger partial charge in [-0.25, -0.2) is 8.42 Å². The van der Waals surface area contributed by atoms with Crippen LogP contribution in [0.1, 0.15) is 18.0 Å². The molecule has 0 aromatic heterocycles. The molecular weight excluding hydrogens is 276 g/mol. The molecule has 1 saturated heterocycles. The van der Waals surface area contributed by atoms with Gasteiger partial charge in [0.05, 0.1) is 12.0 Å². The fourth-order valence-corrected chi connectivity index (χ4v) is 3.50. The molecule has 1 aliphatic heterocycles. The van der Waals surface area contributed by atoms with E-state index in [4.69, 9.17) is 10.5 Å². The van der Waals surface area contributed by atoms with Crippen LogP contribution in [0.5, 0.6) is 5.75 Å². The Morgan fingerprint density at radius 1 is 1.45 bits per heavy atom. The van der Waals surface area contributed by atoms with E-state index in [9.17, 15) is 8.42 Å². The predicted molar refractivity (Wildman–Crippen MR) is 78.6 cm³/mol. The van der Waals surface area contributed by atoms with Crippen molar-refractivity contribution in [2.75, 3.05) is 33.5 Å². The van der Waals surface area contributed by atoms with E-state index in [1.165, 1.54) is 6.26 Å². The van der Waals surface area contributed by atoms with E-state index in [0.29, 0.717) is 17.4 Å². The normalized spacial score (nSPS) is 24.0. The van der Waals surface area contributed by atoms with Crippen LogP contribution in [0.15, 0.2) is 23.1 Å². The summed E-state index contributed by atoms with van der Waals surface area (Å²) >= 11 is 0. The summed E-state index contributed by atoms with van der Waals surface area (Å²) in [7, 11) is 0.425. The molecule has 1 fully saturated rings. The van der Waals surface area contributed by atoms with Crippen molar-refractivity contribution in [2.45, 2.75) is 17.4 Å². The summed E-state index contributed by atoms with van der Waals surface area (Å²) in [5.41, 5.74) is 6.68. The zero-order valence-corrected chi connectivity index (χ0v) is 13.0. The average molecular weight is 298 g/mol. The van der Waals surface area contributed by atoms with Crippen molar-refractivity contribution in [3.8, 4) is 5.75 Å². The van der Waals surface area contributed by atoms with Crippen molar-refractivity contribution in [3.63, 3.8) is 0 Å². The lowest BCUT2D eigenvalue weighted by atomic mass is 9.99. The Morgan fingerprint density at radius 2 is 2.15 bits per heavy atom. The van der Waals surface area contributed by atoms with Crippen molar-refractivity contribution in [3.05, 3.63) is 23.8 Å². The molecule has 0 spiro atoms. The fourth-order valence-electron chi connectivity index (χ4n) is 2.84. The molecule has 0 aliphatic carbocycles. The molecule has 0 bridgehead atoms. The van der Waals surface area contributed by atoms with E-state index >= 15 is 0 Å². The van der Waals surface area contributed by atoms with E-state index in [2.05, 4.69) is 4.90 Å². The van der Waals surface area contributed by atoms with Gasteiger partial charge in [-0.05, 0) is 44.1 Å². The first-order valence-corrected chi connectivity index (χ1v) is 8.54. The second-order valence-corrected chi connectivity index (χ2v) is 7.48. The first kappa shape index (κ1) is 15.3. The SMILES string of the molecule is COc1ccc(S(C)(=O)=O)cc1C1CC(CN)CN1C. The van der Waals surface area contributed by atoms with Crippen LogP contribution in [0.4, 0.5) is 0 Å². The van der Waals surface area contributed by atoms with Crippen molar-refractivity contribution < 1.29 is 13.2 Å². The smallest absolute Gasteiger partial charge is 0.175 e. The van der Waals surface area contributed by atoms with Gasteiger partial charge in [0.15, 0.2) is 9.84 Å². The molecule has 2 atom stereocenters. The van der Waals surface area contributed by atoms with Gasteiger partial charge in [-0.2, -0.15) is 0 Å². The quantitative estimate of drug-likeness (QED) is 0.899. The Balaban J connectivity index is 2.44. The van der Waals surface area contributed by atoms with Gasteiger partial charge in [-0.3, -0.25) is 4.90 Å². The topological polar surface area (TPSA) is 72.6 Å². The molecule has 1 heterocycles. The lowest BCUT2D eigenvalue weighted by Gasteiger charge is -2.22. The van der Waals surface area contributed by atoms with E-state index < -0.39 is 9.84 Å². The minimum absolute atomic E-state index is 0.153. The van der Waals surface area contributed by atoms with Crippen molar-refractivity contribution in [2.24, 2.45) is 11.7 Å². The first-order chi connectivity index (χ1) is 9.36. The van der Waals surface area contributed by atoms with Gasteiger partial charge in [0.2, 0.25) is 0 Å². The van der Waals surface area contributed by atoms with Crippen LogP contribution >= 0.6 is 0 Å². The number of rotatable bonds is 4. The minimum Gasteiger partial charge on any atom is -0.496 e. The molecule has 20 heavy (non-hydrogen) atoms. The number of sulfone groups is 1. The minimum atomic E-state index is -3.22. The summed E-state index contributed by atoms with van der Waals surface area (Å²) in [5, 5.41) is 0. The Kier molecular flexibility index (Phi) is 4.36. The molecule has 1 aliphatic rings. The predicted octanol–water partition coefficient (Wildman–Crippen LogP) is 1.05. The second-order valence-electron chi connectivity index (χ2n) is 5.47. The van der Waals surface area contributed by atoms with Crippen LogP contribution in [-0.2, 0) is 9.84 Å². The van der Waals surface area contributed by atoms with E-state index in [0.717, 1.165) is 24.3 Å². The van der Waals surface area contributed by atoms with Crippen molar-refractivity contribution in [1.82, 2.24) is 4.90 Å². The number of likely N-dealkylation sites (tertiary alicyclic amines) is 1. The monoisotopic (exact) mass is 298 g/mol.